The van der Waals surface area contributed by atoms with Crippen LogP contribution in [0.4, 0.5) is 0 Å². The number of fused-ring (bicyclic) bond motifs is 3. The van der Waals surface area contributed by atoms with Crippen molar-refractivity contribution in [3.8, 4) is 0 Å². The van der Waals surface area contributed by atoms with Crippen LogP contribution in [0, 0.1) is 0 Å². The molecule has 88 valence electrons. The summed E-state index contributed by atoms with van der Waals surface area (Å²) in [6.45, 7) is 3.41. The van der Waals surface area contributed by atoms with Gasteiger partial charge < -0.3 is 9.88 Å². The molecular weight excluding hydrogens is 276 g/mol. The number of rotatable bonds is 0. The van der Waals surface area contributed by atoms with E-state index in [4.69, 9.17) is 0 Å². The summed E-state index contributed by atoms with van der Waals surface area (Å²) >= 11 is 3.74. The zero-order chi connectivity index (χ0) is 11.4. The van der Waals surface area contributed by atoms with Gasteiger partial charge in [0.2, 0.25) is 0 Å². The van der Waals surface area contributed by atoms with Gasteiger partial charge in [-0.3, -0.25) is 0 Å². The Labute approximate surface area is 109 Å². The molecule has 2 nitrogen and oxygen atoms in total. The molecule has 4 rings (SSSR count). The molecule has 0 unspecified atom stereocenters. The monoisotopic (exact) mass is 290 g/mol. The van der Waals surface area contributed by atoms with Crippen molar-refractivity contribution in [3.05, 3.63) is 33.4 Å². The van der Waals surface area contributed by atoms with Gasteiger partial charge >= 0.3 is 0 Å². The minimum atomic E-state index is 1.11. The summed E-state index contributed by atoms with van der Waals surface area (Å²) in [5.74, 6) is 0. The summed E-state index contributed by atoms with van der Waals surface area (Å²) < 4.78 is 3.84. The van der Waals surface area contributed by atoms with E-state index >= 15 is 0 Å². The van der Waals surface area contributed by atoms with Crippen molar-refractivity contribution in [1.82, 2.24) is 9.88 Å². The van der Waals surface area contributed by atoms with Crippen molar-refractivity contribution in [1.29, 1.82) is 0 Å². The molecule has 0 radical (unpaired) electrons. The molecule has 0 spiro atoms. The smallest absolute Gasteiger partial charge is 0.0530 e. The molecule has 1 N–H and O–H groups in total. The normalized spacial score (nSPS) is 18.4. The molecule has 3 heterocycles. The lowest BCUT2D eigenvalue weighted by Gasteiger charge is -2.05. The minimum Gasteiger partial charge on any atom is -0.344 e. The molecule has 1 aromatic carbocycles. The molecular formula is C14H15BrN2. The average Bonchev–Trinajstić information content (AvgIpc) is 2.78. The van der Waals surface area contributed by atoms with Crippen molar-refractivity contribution in [2.75, 3.05) is 13.1 Å². The van der Waals surface area contributed by atoms with Gasteiger partial charge in [0, 0.05) is 35.1 Å². The van der Waals surface area contributed by atoms with Gasteiger partial charge in [0.1, 0.15) is 0 Å². The number of halogens is 1. The molecule has 2 aromatic rings. The Bertz CT molecular complexity index is 612. The van der Waals surface area contributed by atoms with Gasteiger partial charge in [-0.1, -0.05) is 22.0 Å². The van der Waals surface area contributed by atoms with E-state index < -0.39 is 0 Å². The topological polar surface area (TPSA) is 17.0 Å². The predicted molar refractivity (Wildman–Crippen MR) is 73.6 cm³/mol. The highest BCUT2D eigenvalue weighted by atomic mass is 79.9. The summed E-state index contributed by atoms with van der Waals surface area (Å²) in [6, 6.07) is 4.51. The molecule has 2 aliphatic rings. The van der Waals surface area contributed by atoms with Gasteiger partial charge in [-0.05, 0) is 36.6 Å². The second-order valence-corrected chi connectivity index (χ2v) is 5.86. The number of nitrogens with zero attached hydrogens (tertiary/aromatic N) is 1. The van der Waals surface area contributed by atoms with Crippen molar-refractivity contribution < 1.29 is 0 Å². The van der Waals surface area contributed by atoms with Crippen molar-refractivity contribution >= 4 is 26.8 Å². The third kappa shape index (κ3) is 1.30. The molecule has 0 bridgehead atoms. The van der Waals surface area contributed by atoms with Crippen LogP contribution in [0.5, 0.6) is 0 Å². The maximum atomic E-state index is 3.74. The van der Waals surface area contributed by atoms with E-state index in [0.29, 0.717) is 0 Å². The van der Waals surface area contributed by atoms with E-state index in [2.05, 4.69) is 37.9 Å². The lowest BCUT2D eigenvalue weighted by molar-refractivity contribution is 0.680. The van der Waals surface area contributed by atoms with Crippen LogP contribution < -0.4 is 5.32 Å². The van der Waals surface area contributed by atoms with Crippen LogP contribution in [0.15, 0.2) is 16.6 Å². The molecule has 1 aromatic heterocycles. The van der Waals surface area contributed by atoms with Gasteiger partial charge in [-0.2, -0.15) is 0 Å². The quantitative estimate of drug-likeness (QED) is 0.789. The zero-order valence-electron chi connectivity index (χ0n) is 9.72. The number of nitrogens with one attached hydrogen (secondary N) is 1. The SMILES string of the molecule is Brc1ccc2c3c1c1c(n3CC2)CCNCC1. The van der Waals surface area contributed by atoms with E-state index in [1.54, 1.807) is 11.3 Å². The standard InChI is InChI=1S/C14H15BrN2/c15-11-2-1-9-5-8-17-12-4-7-16-6-3-10(12)13(11)14(9)17/h1-2,16H,3-8H2. The summed E-state index contributed by atoms with van der Waals surface area (Å²) in [7, 11) is 0. The van der Waals surface area contributed by atoms with Gasteiger partial charge in [0.25, 0.3) is 0 Å². The lowest BCUT2D eigenvalue weighted by atomic mass is 10.0. The Kier molecular flexibility index (Phi) is 2.15. The number of hydrogen-bond acceptors (Lipinski definition) is 1. The highest BCUT2D eigenvalue weighted by Crippen LogP contribution is 2.38. The first-order valence-electron chi connectivity index (χ1n) is 6.38. The van der Waals surface area contributed by atoms with E-state index in [9.17, 15) is 0 Å². The van der Waals surface area contributed by atoms with Crippen LogP contribution in [0.2, 0.25) is 0 Å². The summed E-state index contributed by atoms with van der Waals surface area (Å²) in [4.78, 5) is 0. The van der Waals surface area contributed by atoms with Crippen LogP contribution in [-0.4, -0.2) is 17.7 Å². The Balaban J connectivity index is 2.14. The second-order valence-electron chi connectivity index (χ2n) is 5.01. The zero-order valence-corrected chi connectivity index (χ0v) is 11.3. The minimum absolute atomic E-state index is 1.11. The van der Waals surface area contributed by atoms with Crippen LogP contribution in [0.1, 0.15) is 16.8 Å². The predicted octanol–water partition coefficient (Wildman–Crippen LogP) is 2.65. The number of hydrogen-bond donors (Lipinski definition) is 1. The number of aryl methyl sites for hydroxylation is 2. The Hall–Kier alpha value is -0.800. The highest BCUT2D eigenvalue weighted by molar-refractivity contribution is 9.10. The van der Waals surface area contributed by atoms with Gasteiger partial charge in [0.15, 0.2) is 0 Å². The first-order valence-corrected chi connectivity index (χ1v) is 7.17. The third-order valence-electron chi connectivity index (χ3n) is 4.15. The molecule has 0 amide bonds. The van der Waals surface area contributed by atoms with Crippen molar-refractivity contribution in [2.24, 2.45) is 0 Å². The molecule has 2 aliphatic heterocycles. The first-order chi connectivity index (χ1) is 8.36. The van der Waals surface area contributed by atoms with Gasteiger partial charge in [0.05, 0.1) is 5.52 Å². The number of aromatic nitrogens is 1. The van der Waals surface area contributed by atoms with E-state index in [1.165, 1.54) is 46.7 Å². The maximum absolute atomic E-state index is 3.74. The fourth-order valence-corrected chi connectivity index (χ4v) is 3.99. The van der Waals surface area contributed by atoms with Crippen LogP contribution in [-0.2, 0) is 25.8 Å². The fraction of sp³-hybridized carbons (Fsp3) is 0.429. The summed E-state index contributed by atoms with van der Waals surface area (Å²) in [5.41, 5.74) is 6.20. The molecule has 0 saturated heterocycles. The Morgan fingerprint density at radius 3 is 2.94 bits per heavy atom. The fourth-order valence-electron chi connectivity index (χ4n) is 3.43. The first kappa shape index (κ1) is 10.2. The van der Waals surface area contributed by atoms with Crippen LogP contribution >= 0.6 is 15.9 Å². The Morgan fingerprint density at radius 1 is 1.12 bits per heavy atom. The molecule has 0 aliphatic carbocycles. The maximum Gasteiger partial charge on any atom is 0.0530 e. The molecule has 17 heavy (non-hydrogen) atoms. The van der Waals surface area contributed by atoms with Gasteiger partial charge in [-0.15, -0.1) is 0 Å². The third-order valence-corrected chi connectivity index (χ3v) is 4.81. The highest BCUT2D eigenvalue weighted by Gasteiger charge is 2.25. The molecule has 0 fully saturated rings. The average molecular weight is 291 g/mol. The summed E-state index contributed by atoms with van der Waals surface area (Å²) in [5, 5.41) is 4.99. The van der Waals surface area contributed by atoms with E-state index in [1.807, 2.05) is 0 Å². The summed E-state index contributed by atoms with van der Waals surface area (Å²) in [6.07, 6.45) is 3.55. The van der Waals surface area contributed by atoms with Crippen LogP contribution in [0.3, 0.4) is 0 Å². The molecule has 3 heteroatoms. The molecule has 0 atom stereocenters. The Morgan fingerprint density at radius 2 is 2.00 bits per heavy atom. The largest absolute Gasteiger partial charge is 0.344 e. The van der Waals surface area contributed by atoms with Crippen molar-refractivity contribution in [2.45, 2.75) is 25.8 Å². The second kappa shape index (κ2) is 3.59. The van der Waals surface area contributed by atoms with E-state index in [0.717, 1.165) is 13.1 Å². The molecule has 0 saturated carbocycles. The lowest BCUT2D eigenvalue weighted by Crippen LogP contribution is -2.17. The van der Waals surface area contributed by atoms with E-state index in [-0.39, 0.29) is 0 Å². The van der Waals surface area contributed by atoms with Crippen LogP contribution in [0.25, 0.3) is 10.9 Å². The van der Waals surface area contributed by atoms with Crippen molar-refractivity contribution in [3.63, 3.8) is 0 Å². The van der Waals surface area contributed by atoms with Gasteiger partial charge in [-0.25, -0.2) is 0 Å². The number of benzene rings is 1.